The monoisotopic (exact) mass is 348 g/mol. The summed E-state index contributed by atoms with van der Waals surface area (Å²) in [4.78, 5) is 35.4. The van der Waals surface area contributed by atoms with Gasteiger partial charge in [-0.15, -0.1) is 6.58 Å². The Bertz CT molecular complexity index is 632. The lowest BCUT2D eigenvalue weighted by Gasteiger charge is -2.19. The number of benzene rings is 1. The molecular formula is C18H24N2O5. The summed E-state index contributed by atoms with van der Waals surface area (Å²) in [6.45, 7) is 10.6. The molecule has 0 aliphatic rings. The Morgan fingerprint density at radius 2 is 1.80 bits per heavy atom. The first-order valence-corrected chi connectivity index (χ1v) is 7.82. The number of anilines is 1. The van der Waals surface area contributed by atoms with E-state index in [1.165, 1.54) is 25.1 Å². The highest BCUT2D eigenvalue weighted by molar-refractivity contribution is 5.93. The summed E-state index contributed by atoms with van der Waals surface area (Å²) < 4.78 is 10.2. The first-order chi connectivity index (χ1) is 11.6. The highest BCUT2D eigenvalue weighted by atomic mass is 16.6. The van der Waals surface area contributed by atoms with Crippen molar-refractivity contribution in [2.45, 2.75) is 39.4 Å². The van der Waals surface area contributed by atoms with Crippen LogP contribution in [0.25, 0.3) is 0 Å². The zero-order chi connectivity index (χ0) is 19.0. The molecule has 1 rings (SSSR count). The number of hydrogen-bond acceptors (Lipinski definition) is 5. The molecule has 7 heteroatoms. The maximum absolute atomic E-state index is 12.0. The van der Waals surface area contributed by atoms with E-state index in [1.54, 1.807) is 32.9 Å². The van der Waals surface area contributed by atoms with Crippen LogP contribution in [0, 0.1) is 0 Å². The second-order valence-corrected chi connectivity index (χ2v) is 6.29. The molecule has 1 aromatic carbocycles. The minimum absolute atomic E-state index is 0.262. The van der Waals surface area contributed by atoms with Gasteiger partial charge in [-0.3, -0.25) is 10.1 Å². The Kier molecular flexibility index (Phi) is 7.17. The van der Waals surface area contributed by atoms with E-state index in [4.69, 9.17) is 9.47 Å². The Hall–Kier alpha value is -2.83. The van der Waals surface area contributed by atoms with Gasteiger partial charge in [-0.05, 0) is 52.0 Å². The van der Waals surface area contributed by atoms with Crippen LogP contribution in [-0.2, 0) is 14.3 Å². The predicted molar refractivity (Wildman–Crippen MR) is 94.4 cm³/mol. The molecule has 0 aromatic heterocycles. The molecule has 0 spiro atoms. The van der Waals surface area contributed by atoms with Crippen molar-refractivity contribution < 1.29 is 23.9 Å². The number of rotatable bonds is 6. The molecule has 136 valence electrons. The Balaban J connectivity index is 2.60. The molecule has 0 aliphatic carbocycles. The Morgan fingerprint density at radius 3 is 2.32 bits per heavy atom. The number of carbonyl (C=O) groups excluding carboxylic acids is 3. The van der Waals surface area contributed by atoms with Gasteiger partial charge in [0.1, 0.15) is 5.60 Å². The lowest BCUT2D eigenvalue weighted by atomic mass is 10.2. The van der Waals surface area contributed by atoms with Crippen molar-refractivity contribution >= 4 is 23.7 Å². The average Bonchev–Trinajstić information content (AvgIpc) is 2.51. The minimum Gasteiger partial charge on any atom is -0.449 e. The molecule has 0 saturated carbocycles. The Morgan fingerprint density at radius 1 is 1.20 bits per heavy atom. The maximum Gasteiger partial charge on any atom is 0.412 e. The van der Waals surface area contributed by atoms with Crippen molar-refractivity contribution in [2.75, 3.05) is 11.9 Å². The number of esters is 1. The molecule has 2 amide bonds. The van der Waals surface area contributed by atoms with Crippen LogP contribution in [0.1, 0.15) is 38.1 Å². The van der Waals surface area contributed by atoms with E-state index in [0.717, 1.165) is 0 Å². The smallest absolute Gasteiger partial charge is 0.412 e. The van der Waals surface area contributed by atoms with E-state index in [1.807, 2.05) is 0 Å². The van der Waals surface area contributed by atoms with Crippen LogP contribution in [0.5, 0.6) is 0 Å². The van der Waals surface area contributed by atoms with Crippen LogP contribution in [0.2, 0.25) is 0 Å². The van der Waals surface area contributed by atoms with Crippen LogP contribution in [0.3, 0.4) is 0 Å². The summed E-state index contributed by atoms with van der Waals surface area (Å²) in [5.41, 5.74) is 0.136. The number of ether oxygens (including phenoxy) is 2. The molecular weight excluding hydrogens is 324 g/mol. The zero-order valence-electron chi connectivity index (χ0n) is 14.9. The first-order valence-electron chi connectivity index (χ1n) is 7.82. The molecule has 0 heterocycles. The highest BCUT2D eigenvalue weighted by Crippen LogP contribution is 2.14. The second kappa shape index (κ2) is 8.86. The summed E-state index contributed by atoms with van der Waals surface area (Å²) in [6, 6.07) is 6.07. The number of amides is 2. The molecule has 0 bridgehead atoms. The van der Waals surface area contributed by atoms with Gasteiger partial charge in [0.05, 0.1) is 5.56 Å². The third-order valence-corrected chi connectivity index (χ3v) is 2.84. The quantitative estimate of drug-likeness (QED) is 0.609. The van der Waals surface area contributed by atoms with E-state index in [9.17, 15) is 14.4 Å². The fraction of sp³-hybridized carbons (Fsp3) is 0.389. The minimum atomic E-state index is -0.924. The number of carbonyl (C=O) groups is 3. The van der Waals surface area contributed by atoms with Crippen LogP contribution >= 0.6 is 0 Å². The molecule has 25 heavy (non-hydrogen) atoms. The van der Waals surface area contributed by atoms with Gasteiger partial charge in [-0.1, -0.05) is 6.08 Å². The fourth-order valence-electron chi connectivity index (χ4n) is 1.71. The number of nitrogens with one attached hydrogen (secondary N) is 2. The molecule has 0 aliphatic heterocycles. The van der Waals surface area contributed by atoms with Gasteiger partial charge in [0.15, 0.2) is 6.10 Å². The standard InChI is InChI=1S/C18H24N2O5/c1-6-11-19-15(21)12(2)24-16(22)13-7-9-14(10-8-13)20-17(23)25-18(3,4)5/h6-10,12H,1,11H2,2-5H3,(H,19,21)(H,20,23)/t12-/m0/s1. The van der Waals surface area contributed by atoms with E-state index >= 15 is 0 Å². The van der Waals surface area contributed by atoms with Crippen LogP contribution in [0.4, 0.5) is 10.5 Å². The van der Waals surface area contributed by atoms with Gasteiger partial charge in [0, 0.05) is 12.2 Å². The van der Waals surface area contributed by atoms with Crippen molar-refractivity contribution in [3.05, 3.63) is 42.5 Å². The van der Waals surface area contributed by atoms with Gasteiger partial charge in [0.2, 0.25) is 0 Å². The lowest BCUT2D eigenvalue weighted by Crippen LogP contribution is -2.35. The average molecular weight is 348 g/mol. The zero-order valence-corrected chi connectivity index (χ0v) is 14.9. The fourth-order valence-corrected chi connectivity index (χ4v) is 1.71. The predicted octanol–water partition coefficient (Wildman–Crippen LogP) is 2.88. The van der Waals surface area contributed by atoms with E-state index < -0.39 is 29.7 Å². The molecule has 0 fully saturated rings. The van der Waals surface area contributed by atoms with Gasteiger partial charge in [-0.25, -0.2) is 9.59 Å². The maximum atomic E-state index is 12.0. The van der Waals surface area contributed by atoms with Gasteiger partial charge in [-0.2, -0.15) is 0 Å². The lowest BCUT2D eigenvalue weighted by molar-refractivity contribution is -0.128. The summed E-state index contributed by atoms with van der Waals surface area (Å²) >= 11 is 0. The second-order valence-electron chi connectivity index (χ2n) is 6.29. The van der Waals surface area contributed by atoms with Gasteiger partial charge >= 0.3 is 12.1 Å². The van der Waals surface area contributed by atoms with Crippen molar-refractivity contribution in [1.29, 1.82) is 0 Å². The topological polar surface area (TPSA) is 93.7 Å². The van der Waals surface area contributed by atoms with E-state index in [2.05, 4.69) is 17.2 Å². The molecule has 0 radical (unpaired) electrons. The van der Waals surface area contributed by atoms with Gasteiger partial charge in [0.25, 0.3) is 5.91 Å². The number of hydrogen-bond donors (Lipinski definition) is 2. The summed E-state index contributed by atoms with van der Waals surface area (Å²) in [5.74, 6) is -1.04. The largest absolute Gasteiger partial charge is 0.449 e. The van der Waals surface area contributed by atoms with Crippen molar-refractivity contribution in [3.63, 3.8) is 0 Å². The molecule has 0 saturated heterocycles. The normalized spacial score (nSPS) is 11.8. The van der Waals surface area contributed by atoms with Crippen LogP contribution in [-0.4, -0.2) is 36.2 Å². The highest BCUT2D eigenvalue weighted by Gasteiger charge is 2.19. The van der Waals surface area contributed by atoms with E-state index in [-0.39, 0.29) is 5.56 Å². The third-order valence-electron chi connectivity index (χ3n) is 2.84. The summed E-state index contributed by atoms with van der Waals surface area (Å²) in [7, 11) is 0. The SMILES string of the molecule is C=CCNC(=O)[C@H](C)OC(=O)c1ccc(NC(=O)OC(C)(C)C)cc1. The van der Waals surface area contributed by atoms with Crippen molar-refractivity contribution in [2.24, 2.45) is 0 Å². The van der Waals surface area contributed by atoms with Crippen molar-refractivity contribution in [3.8, 4) is 0 Å². The molecule has 0 unspecified atom stereocenters. The molecule has 7 nitrogen and oxygen atoms in total. The summed E-state index contributed by atoms with van der Waals surface area (Å²) in [5, 5.41) is 5.10. The first kappa shape index (κ1) is 20.2. The molecule has 1 atom stereocenters. The van der Waals surface area contributed by atoms with E-state index in [0.29, 0.717) is 12.2 Å². The molecule has 2 N–H and O–H groups in total. The van der Waals surface area contributed by atoms with Crippen LogP contribution < -0.4 is 10.6 Å². The summed E-state index contributed by atoms with van der Waals surface area (Å²) in [6.07, 6.45) is 0.0189. The Labute approximate surface area is 147 Å². The van der Waals surface area contributed by atoms with Gasteiger partial charge < -0.3 is 14.8 Å². The molecule has 1 aromatic rings. The van der Waals surface area contributed by atoms with Crippen molar-refractivity contribution in [1.82, 2.24) is 5.32 Å². The van der Waals surface area contributed by atoms with Crippen LogP contribution in [0.15, 0.2) is 36.9 Å². The third kappa shape index (κ3) is 7.52.